The number of anilines is 1. The number of methoxy groups -OCH3 is 1. The highest BCUT2D eigenvalue weighted by atomic mass is 16.6. The molecule has 1 aromatic carbocycles. The van der Waals surface area contributed by atoms with Crippen molar-refractivity contribution in [3.63, 3.8) is 0 Å². The number of amides is 1. The highest BCUT2D eigenvalue weighted by molar-refractivity contribution is 5.92. The zero-order valence-electron chi connectivity index (χ0n) is 16.7. The van der Waals surface area contributed by atoms with E-state index in [1.807, 2.05) is 36.4 Å². The molecule has 1 aromatic heterocycles. The Balaban J connectivity index is 1.30. The van der Waals surface area contributed by atoms with E-state index in [1.54, 1.807) is 19.5 Å². The third-order valence-corrected chi connectivity index (χ3v) is 5.58. The average molecular weight is 397 g/mol. The number of ether oxygens (including phenoxy) is 3. The van der Waals surface area contributed by atoms with Crippen molar-refractivity contribution in [1.82, 2.24) is 9.88 Å². The zero-order valence-corrected chi connectivity index (χ0v) is 16.7. The van der Waals surface area contributed by atoms with E-state index in [1.165, 1.54) is 0 Å². The smallest absolute Gasteiger partial charge is 0.238 e. The standard InChI is InChI=1S/C22H27N3O4/c1-27-20-9-12-25(16-22(20)10-3-13-28-22)15-21(26)24-17-5-7-18(8-6-17)29-19-4-2-11-23-14-19/h2,4-8,11,14,20H,3,9-10,12-13,15-16H2,1H3,(H,24,26)/t20-,22-/m1/s1. The molecule has 2 aliphatic rings. The molecule has 1 spiro atoms. The van der Waals surface area contributed by atoms with Crippen LogP contribution in [-0.2, 0) is 14.3 Å². The largest absolute Gasteiger partial charge is 0.456 e. The second-order valence-corrected chi connectivity index (χ2v) is 7.60. The number of rotatable bonds is 6. The Morgan fingerprint density at radius 3 is 2.86 bits per heavy atom. The summed E-state index contributed by atoms with van der Waals surface area (Å²) in [5.74, 6) is 1.33. The van der Waals surface area contributed by atoms with E-state index in [9.17, 15) is 4.79 Å². The first-order valence-electron chi connectivity index (χ1n) is 10.0. The Hall–Kier alpha value is -2.48. The first-order valence-corrected chi connectivity index (χ1v) is 10.0. The Morgan fingerprint density at radius 2 is 2.17 bits per heavy atom. The predicted molar refractivity (Wildman–Crippen MR) is 109 cm³/mol. The Bertz CT molecular complexity index is 807. The van der Waals surface area contributed by atoms with Crippen molar-refractivity contribution in [2.75, 3.05) is 38.7 Å². The lowest BCUT2D eigenvalue weighted by molar-refractivity contribution is -0.146. The van der Waals surface area contributed by atoms with Gasteiger partial charge < -0.3 is 19.5 Å². The van der Waals surface area contributed by atoms with Crippen molar-refractivity contribution >= 4 is 11.6 Å². The normalized spacial score (nSPS) is 24.5. The number of piperidine rings is 1. The number of hydrogen-bond donors (Lipinski definition) is 1. The Labute approximate surface area is 171 Å². The molecule has 7 heteroatoms. The fourth-order valence-electron chi connectivity index (χ4n) is 4.24. The summed E-state index contributed by atoms with van der Waals surface area (Å²) in [4.78, 5) is 18.7. The fraction of sp³-hybridized carbons (Fsp3) is 0.455. The highest BCUT2D eigenvalue weighted by Gasteiger charge is 2.47. The van der Waals surface area contributed by atoms with Gasteiger partial charge in [-0.15, -0.1) is 0 Å². The van der Waals surface area contributed by atoms with Crippen molar-refractivity contribution in [3.05, 3.63) is 48.8 Å². The van der Waals surface area contributed by atoms with Crippen LogP contribution in [0.3, 0.4) is 0 Å². The van der Waals surface area contributed by atoms with Crippen LogP contribution in [-0.4, -0.2) is 60.8 Å². The molecule has 2 saturated heterocycles. The van der Waals surface area contributed by atoms with Crippen molar-refractivity contribution in [3.8, 4) is 11.5 Å². The Kier molecular flexibility index (Phi) is 6.08. The number of nitrogens with zero attached hydrogens (tertiary/aromatic N) is 2. The van der Waals surface area contributed by atoms with Gasteiger partial charge in [0.05, 0.1) is 18.8 Å². The minimum absolute atomic E-state index is 0.0325. The van der Waals surface area contributed by atoms with Gasteiger partial charge in [-0.05, 0) is 55.7 Å². The van der Waals surface area contributed by atoms with Gasteiger partial charge in [-0.1, -0.05) is 0 Å². The molecular formula is C22H27N3O4. The average Bonchev–Trinajstić information content (AvgIpc) is 3.19. The molecule has 0 saturated carbocycles. The summed E-state index contributed by atoms with van der Waals surface area (Å²) in [5, 5.41) is 2.96. The summed E-state index contributed by atoms with van der Waals surface area (Å²) in [7, 11) is 1.75. The topological polar surface area (TPSA) is 72.9 Å². The molecule has 2 aliphatic heterocycles. The molecule has 1 amide bonds. The van der Waals surface area contributed by atoms with Gasteiger partial charge in [0.2, 0.25) is 5.91 Å². The number of carbonyl (C=O) groups is 1. The molecule has 4 rings (SSSR count). The van der Waals surface area contributed by atoms with Crippen molar-refractivity contribution in [1.29, 1.82) is 0 Å². The van der Waals surface area contributed by atoms with Gasteiger partial charge in [-0.2, -0.15) is 0 Å². The van der Waals surface area contributed by atoms with Crippen LogP contribution < -0.4 is 10.1 Å². The molecule has 0 radical (unpaired) electrons. The van der Waals surface area contributed by atoms with Gasteiger partial charge in [0, 0.05) is 38.7 Å². The second kappa shape index (κ2) is 8.90. The summed E-state index contributed by atoms with van der Waals surface area (Å²) in [5.41, 5.74) is 0.477. The van der Waals surface area contributed by atoms with Crippen LogP contribution in [0.1, 0.15) is 19.3 Å². The maximum Gasteiger partial charge on any atom is 0.238 e. The van der Waals surface area contributed by atoms with Crippen LogP contribution in [0.2, 0.25) is 0 Å². The molecule has 2 atom stereocenters. The number of hydrogen-bond acceptors (Lipinski definition) is 6. The van der Waals surface area contributed by atoms with E-state index in [2.05, 4.69) is 15.2 Å². The first kappa shape index (κ1) is 19.8. The minimum atomic E-state index is -0.265. The Morgan fingerprint density at radius 1 is 1.31 bits per heavy atom. The van der Waals surface area contributed by atoms with Gasteiger partial charge in [0.15, 0.2) is 0 Å². The van der Waals surface area contributed by atoms with Crippen molar-refractivity contribution < 1.29 is 19.0 Å². The molecule has 1 N–H and O–H groups in total. The summed E-state index contributed by atoms with van der Waals surface area (Å²) in [6, 6.07) is 11.0. The summed E-state index contributed by atoms with van der Waals surface area (Å²) in [6.45, 7) is 2.68. The molecule has 0 unspecified atom stereocenters. The second-order valence-electron chi connectivity index (χ2n) is 7.60. The number of carbonyl (C=O) groups excluding carboxylic acids is 1. The van der Waals surface area contributed by atoms with Crippen LogP contribution in [0.5, 0.6) is 11.5 Å². The van der Waals surface area contributed by atoms with Crippen molar-refractivity contribution in [2.24, 2.45) is 0 Å². The highest BCUT2D eigenvalue weighted by Crippen LogP contribution is 2.36. The first-order chi connectivity index (χ1) is 14.2. The molecule has 154 valence electrons. The molecule has 2 fully saturated rings. The third kappa shape index (κ3) is 4.75. The van der Waals surface area contributed by atoms with Gasteiger partial charge in [-0.3, -0.25) is 14.7 Å². The number of pyridine rings is 1. The van der Waals surface area contributed by atoms with Gasteiger partial charge in [0.25, 0.3) is 0 Å². The number of benzene rings is 1. The van der Waals surface area contributed by atoms with Crippen molar-refractivity contribution in [2.45, 2.75) is 31.0 Å². The van der Waals surface area contributed by atoms with Gasteiger partial charge in [-0.25, -0.2) is 0 Å². The lowest BCUT2D eigenvalue weighted by atomic mass is 9.87. The number of likely N-dealkylation sites (tertiary alicyclic amines) is 1. The van der Waals surface area contributed by atoms with E-state index in [0.29, 0.717) is 18.0 Å². The molecule has 29 heavy (non-hydrogen) atoms. The fourth-order valence-corrected chi connectivity index (χ4v) is 4.24. The number of nitrogens with one attached hydrogen (secondary N) is 1. The van der Waals surface area contributed by atoms with Crippen LogP contribution in [0.25, 0.3) is 0 Å². The maximum atomic E-state index is 12.5. The summed E-state index contributed by atoms with van der Waals surface area (Å²) >= 11 is 0. The van der Waals surface area contributed by atoms with E-state index in [-0.39, 0.29) is 17.6 Å². The maximum absolute atomic E-state index is 12.5. The van der Waals surface area contributed by atoms with Gasteiger partial charge >= 0.3 is 0 Å². The molecule has 7 nitrogen and oxygen atoms in total. The van der Waals surface area contributed by atoms with Crippen LogP contribution in [0, 0.1) is 0 Å². The minimum Gasteiger partial charge on any atom is -0.456 e. The molecule has 0 aliphatic carbocycles. The van der Waals surface area contributed by atoms with E-state index in [4.69, 9.17) is 14.2 Å². The summed E-state index contributed by atoms with van der Waals surface area (Å²) < 4.78 is 17.4. The van der Waals surface area contributed by atoms with E-state index >= 15 is 0 Å². The van der Waals surface area contributed by atoms with Crippen LogP contribution in [0.4, 0.5) is 5.69 Å². The predicted octanol–water partition coefficient (Wildman–Crippen LogP) is 3.08. The lowest BCUT2D eigenvalue weighted by Crippen LogP contribution is -2.58. The quantitative estimate of drug-likeness (QED) is 0.808. The monoisotopic (exact) mass is 397 g/mol. The molecule has 0 bridgehead atoms. The number of aromatic nitrogens is 1. The lowest BCUT2D eigenvalue weighted by Gasteiger charge is -2.44. The SMILES string of the molecule is CO[C@@H]1CCN(CC(=O)Nc2ccc(Oc3cccnc3)cc2)C[C@]12CCCO2. The zero-order chi connectivity index (χ0) is 20.1. The van der Waals surface area contributed by atoms with E-state index < -0.39 is 0 Å². The van der Waals surface area contributed by atoms with E-state index in [0.717, 1.165) is 44.6 Å². The molecular weight excluding hydrogens is 370 g/mol. The third-order valence-electron chi connectivity index (χ3n) is 5.58. The molecule has 2 aromatic rings. The van der Waals surface area contributed by atoms with Crippen LogP contribution in [0.15, 0.2) is 48.8 Å². The summed E-state index contributed by atoms with van der Waals surface area (Å²) in [6.07, 6.45) is 6.38. The van der Waals surface area contributed by atoms with Gasteiger partial charge in [0.1, 0.15) is 17.1 Å². The molecule has 3 heterocycles. The van der Waals surface area contributed by atoms with Crippen LogP contribution >= 0.6 is 0 Å².